The van der Waals surface area contributed by atoms with Crippen LogP contribution in [0.5, 0.6) is 0 Å². The van der Waals surface area contributed by atoms with Gasteiger partial charge in [0.15, 0.2) is 0 Å². The third-order valence-electron chi connectivity index (χ3n) is 5.54. The first-order valence-electron chi connectivity index (χ1n) is 9.64. The van der Waals surface area contributed by atoms with Gasteiger partial charge in [0, 0.05) is 11.7 Å². The summed E-state index contributed by atoms with van der Waals surface area (Å²) in [6.45, 7) is 0. The zero-order chi connectivity index (χ0) is 18.8. The number of rotatable bonds is 4. The molecule has 0 spiro atoms. The van der Waals surface area contributed by atoms with Crippen molar-refractivity contribution < 1.29 is 0 Å². The summed E-state index contributed by atoms with van der Waals surface area (Å²) < 4.78 is 2.42. The van der Waals surface area contributed by atoms with Gasteiger partial charge in [-0.05, 0) is 34.2 Å². The molecule has 0 aliphatic carbocycles. The van der Waals surface area contributed by atoms with E-state index in [9.17, 15) is 0 Å². The number of benzene rings is 4. The highest BCUT2D eigenvalue weighted by atomic mass is 15.1. The molecule has 0 saturated heterocycles. The molecule has 0 saturated carbocycles. The maximum Gasteiger partial charge on any atom is 0.120 e. The molecule has 0 aliphatic rings. The second-order valence-corrected chi connectivity index (χ2v) is 7.05. The van der Waals surface area contributed by atoms with Crippen LogP contribution >= 0.6 is 0 Å². The minimum absolute atomic E-state index is 0.452. The Morgan fingerprint density at radius 2 is 0.857 bits per heavy atom. The average molecular weight is 359 g/mol. The smallest absolute Gasteiger partial charge is 0.120 e. The van der Waals surface area contributed by atoms with E-state index in [2.05, 4.69) is 132 Å². The Hall–Kier alpha value is -3.58. The van der Waals surface area contributed by atoms with Gasteiger partial charge in [-0.3, -0.25) is 0 Å². The van der Waals surface area contributed by atoms with Crippen molar-refractivity contribution in [3.8, 4) is 0 Å². The van der Waals surface area contributed by atoms with Gasteiger partial charge in [-0.15, -0.1) is 0 Å². The fraction of sp³-hybridized carbons (Fsp3) is 0.0370. The fourth-order valence-electron chi connectivity index (χ4n) is 4.33. The minimum Gasteiger partial charge on any atom is -0.329 e. The van der Waals surface area contributed by atoms with E-state index in [1.807, 2.05) is 0 Å². The van der Waals surface area contributed by atoms with E-state index < -0.39 is 5.54 Å². The largest absolute Gasteiger partial charge is 0.329 e. The Balaban J connectivity index is 1.96. The van der Waals surface area contributed by atoms with Crippen molar-refractivity contribution in [1.82, 2.24) is 4.57 Å². The van der Waals surface area contributed by atoms with Gasteiger partial charge in [0.05, 0.1) is 0 Å². The molecule has 0 amide bonds. The molecule has 0 aliphatic heterocycles. The summed E-state index contributed by atoms with van der Waals surface area (Å²) in [6.07, 6.45) is 2.22. The average Bonchev–Trinajstić information content (AvgIpc) is 3.21. The minimum atomic E-state index is -0.452. The normalized spacial score (nSPS) is 11.6. The molecule has 1 heteroatoms. The topological polar surface area (TPSA) is 4.93 Å². The highest BCUT2D eigenvalue weighted by Gasteiger charge is 2.38. The standard InChI is InChI=1S/C27H21N/c1-4-13-23(14-5-1)27(24-15-6-2-7-16-24,25-17-8-3-9-18-25)28-21-20-22-12-10-11-19-26(22)28/h1-21H. The predicted molar refractivity (Wildman–Crippen MR) is 117 cm³/mol. The lowest BCUT2D eigenvalue weighted by Gasteiger charge is -2.38. The van der Waals surface area contributed by atoms with Gasteiger partial charge >= 0.3 is 0 Å². The van der Waals surface area contributed by atoms with E-state index >= 15 is 0 Å². The molecule has 0 atom stereocenters. The van der Waals surface area contributed by atoms with E-state index in [0.717, 1.165) is 0 Å². The Morgan fingerprint density at radius 3 is 1.36 bits per heavy atom. The van der Waals surface area contributed by atoms with Crippen molar-refractivity contribution in [1.29, 1.82) is 0 Å². The molecule has 0 unspecified atom stereocenters. The summed E-state index contributed by atoms with van der Waals surface area (Å²) in [5.74, 6) is 0. The summed E-state index contributed by atoms with van der Waals surface area (Å²) in [6, 6.07) is 43.2. The molecular formula is C27H21N. The van der Waals surface area contributed by atoms with Gasteiger partial charge in [-0.1, -0.05) is 109 Å². The molecule has 4 aromatic carbocycles. The van der Waals surface area contributed by atoms with E-state index in [1.54, 1.807) is 0 Å². The number of hydrogen-bond acceptors (Lipinski definition) is 0. The third kappa shape index (κ3) is 2.48. The van der Waals surface area contributed by atoms with Crippen LogP contribution in [-0.2, 0) is 5.54 Å². The molecule has 5 aromatic rings. The Bertz CT molecular complexity index is 1090. The van der Waals surface area contributed by atoms with E-state index in [-0.39, 0.29) is 0 Å². The van der Waals surface area contributed by atoms with Crippen LogP contribution in [0.15, 0.2) is 128 Å². The maximum absolute atomic E-state index is 2.42. The third-order valence-corrected chi connectivity index (χ3v) is 5.54. The molecule has 1 aromatic heterocycles. The van der Waals surface area contributed by atoms with Crippen molar-refractivity contribution in [2.75, 3.05) is 0 Å². The number of aromatic nitrogens is 1. The lowest BCUT2D eigenvalue weighted by Crippen LogP contribution is -2.37. The van der Waals surface area contributed by atoms with Crippen LogP contribution in [0.2, 0.25) is 0 Å². The molecule has 134 valence electrons. The summed E-state index contributed by atoms with van der Waals surface area (Å²) in [4.78, 5) is 0. The summed E-state index contributed by atoms with van der Waals surface area (Å²) in [5, 5.41) is 1.25. The highest BCUT2D eigenvalue weighted by Crippen LogP contribution is 2.42. The Labute approximate surface area is 165 Å². The second kappa shape index (κ2) is 6.86. The molecule has 5 rings (SSSR count). The molecule has 1 nitrogen and oxygen atoms in total. The molecule has 28 heavy (non-hydrogen) atoms. The summed E-state index contributed by atoms with van der Waals surface area (Å²) in [7, 11) is 0. The van der Waals surface area contributed by atoms with Gasteiger partial charge in [0.2, 0.25) is 0 Å². The van der Waals surface area contributed by atoms with Crippen molar-refractivity contribution in [2.45, 2.75) is 5.54 Å². The van der Waals surface area contributed by atoms with Gasteiger partial charge < -0.3 is 4.57 Å². The van der Waals surface area contributed by atoms with Crippen LogP contribution in [0.3, 0.4) is 0 Å². The fourth-order valence-corrected chi connectivity index (χ4v) is 4.33. The SMILES string of the molecule is c1ccc(C(c2ccccc2)(c2ccccc2)n2ccc3ccccc32)cc1. The number of para-hydroxylation sites is 1. The summed E-state index contributed by atoms with van der Waals surface area (Å²) in [5.41, 5.74) is 4.50. The van der Waals surface area contributed by atoms with Crippen LogP contribution in [0.1, 0.15) is 16.7 Å². The zero-order valence-electron chi connectivity index (χ0n) is 15.6. The zero-order valence-corrected chi connectivity index (χ0v) is 15.6. The second-order valence-electron chi connectivity index (χ2n) is 7.05. The Morgan fingerprint density at radius 1 is 0.429 bits per heavy atom. The van der Waals surface area contributed by atoms with Gasteiger partial charge in [0.1, 0.15) is 5.54 Å². The molecule has 0 N–H and O–H groups in total. The van der Waals surface area contributed by atoms with E-state index in [0.29, 0.717) is 0 Å². The van der Waals surface area contributed by atoms with Crippen molar-refractivity contribution in [3.05, 3.63) is 144 Å². The maximum atomic E-state index is 2.42. The van der Waals surface area contributed by atoms with E-state index in [4.69, 9.17) is 0 Å². The highest BCUT2D eigenvalue weighted by molar-refractivity contribution is 5.81. The van der Waals surface area contributed by atoms with Crippen molar-refractivity contribution in [3.63, 3.8) is 0 Å². The number of nitrogens with zero attached hydrogens (tertiary/aromatic N) is 1. The summed E-state index contributed by atoms with van der Waals surface area (Å²) >= 11 is 0. The molecular weight excluding hydrogens is 338 g/mol. The first-order valence-corrected chi connectivity index (χ1v) is 9.64. The van der Waals surface area contributed by atoms with Crippen LogP contribution in [0.4, 0.5) is 0 Å². The number of fused-ring (bicyclic) bond motifs is 1. The monoisotopic (exact) mass is 359 g/mol. The van der Waals surface area contributed by atoms with Crippen LogP contribution in [0.25, 0.3) is 10.9 Å². The van der Waals surface area contributed by atoms with Gasteiger partial charge in [-0.2, -0.15) is 0 Å². The quantitative estimate of drug-likeness (QED) is 0.324. The van der Waals surface area contributed by atoms with Crippen LogP contribution < -0.4 is 0 Å². The molecule has 0 fully saturated rings. The van der Waals surface area contributed by atoms with Gasteiger partial charge in [0.25, 0.3) is 0 Å². The lowest BCUT2D eigenvalue weighted by molar-refractivity contribution is 0.533. The molecule has 1 heterocycles. The van der Waals surface area contributed by atoms with Crippen molar-refractivity contribution >= 4 is 10.9 Å². The van der Waals surface area contributed by atoms with Gasteiger partial charge in [-0.25, -0.2) is 0 Å². The molecule has 0 radical (unpaired) electrons. The predicted octanol–water partition coefficient (Wildman–Crippen LogP) is 6.48. The lowest BCUT2D eigenvalue weighted by atomic mass is 9.76. The van der Waals surface area contributed by atoms with Crippen LogP contribution in [-0.4, -0.2) is 4.57 Å². The van der Waals surface area contributed by atoms with E-state index in [1.165, 1.54) is 27.6 Å². The molecule has 0 bridgehead atoms. The van der Waals surface area contributed by atoms with Crippen LogP contribution in [0, 0.1) is 0 Å². The first-order chi connectivity index (χ1) is 13.9. The Kier molecular flexibility index (Phi) is 4.06. The number of hydrogen-bond donors (Lipinski definition) is 0. The first kappa shape index (κ1) is 16.6. The van der Waals surface area contributed by atoms with Crippen molar-refractivity contribution in [2.24, 2.45) is 0 Å².